The zero-order valence-electron chi connectivity index (χ0n) is 17.8. The molecule has 0 radical (unpaired) electrons. The summed E-state index contributed by atoms with van der Waals surface area (Å²) in [7, 11) is -4.18. The van der Waals surface area contributed by atoms with Crippen LogP contribution in [0.3, 0.4) is 0 Å². The average Bonchev–Trinajstić information content (AvgIpc) is 2.78. The maximum atomic E-state index is 14.4. The Morgan fingerprint density at radius 1 is 1.03 bits per heavy atom. The maximum absolute atomic E-state index is 14.4. The molecule has 0 saturated heterocycles. The van der Waals surface area contributed by atoms with E-state index in [1.807, 2.05) is 6.92 Å². The molecule has 34 heavy (non-hydrogen) atoms. The number of carbonyl (C=O) groups excluding carboxylic acids is 1. The van der Waals surface area contributed by atoms with Gasteiger partial charge in [0.15, 0.2) is 0 Å². The van der Waals surface area contributed by atoms with Crippen molar-refractivity contribution >= 4 is 56.9 Å². The summed E-state index contributed by atoms with van der Waals surface area (Å²) in [5.41, 5.74) is 3.51. The summed E-state index contributed by atoms with van der Waals surface area (Å²) in [6, 6.07) is 15.0. The van der Waals surface area contributed by atoms with Gasteiger partial charge in [0.2, 0.25) is 10.0 Å². The van der Waals surface area contributed by atoms with Crippen molar-refractivity contribution in [3.05, 3.63) is 98.2 Å². The molecule has 0 aliphatic rings. The van der Waals surface area contributed by atoms with Gasteiger partial charge in [-0.2, -0.15) is 9.41 Å². The molecule has 1 N–H and O–H groups in total. The first kappa shape index (κ1) is 26.1. The van der Waals surface area contributed by atoms with Crippen LogP contribution in [-0.4, -0.2) is 31.4 Å². The fraction of sp³-hybridized carbons (Fsp3) is 0.130. The Kier molecular flexibility index (Phi) is 8.67. The summed E-state index contributed by atoms with van der Waals surface area (Å²) >= 11 is 18.1. The summed E-state index contributed by atoms with van der Waals surface area (Å²) < 4.78 is 41.8. The minimum atomic E-state index is -4.18. The number of rotatable bonds is 8. The normalized spacial score (nSPS) is 11.8. The molecule has 0 bridgehead atoms. The van der Waals surface area contributed by atoms with E-state index in [1.54, 1.807) is 30.3 Å². The van der Waals surface area contributed by atoms with Gasteiger partial charge in [-0.3, -0.25) is 4.79 Å². The van der Waals surface area contributed by atoms with Crippen molar-refractivity contribution in [2.75, 3.05) is 6.54 Å². The van der Waals surface area contributed by atoms with E-state index in [9.17, 15) is 17.6 Å². The van der Waals surface area contributed by atoms with Crippen LogP contribution in [0.4, 0.5) is 4.39 Å². The van der Waals surface area contributed by atoms with Crippen LogP contribution < -0.4 is 5.43 Å². The number of benzene rings is 3. The Balaban J connectivity index is 1.86. The molecule has 1 amide bonds. The largest absolute Gasteiger partial charge is 0.272 e. The monoisotopic (exact) mass is 541 g/mol. The minimum Gasteiger partial charge on any atom is -0.272 e. The predicted octanol–water partition coefficient (Wildman–Crippen LogP) is 5.44. The third-order valence-electron chi connectivity index (χ3n) is 4.75. The summed E-state index contributed by atoms with van der Waals surface area (Å²) in [6.07, 6.45) is 1.28. The van der Waals surface area contributed by atoms with Gasteiger partial charge in [-0.15, -0.1) is 0 Å². The first-order valence-electron chi connectivity index (χ1n) is 9.85. The third-order valence-corrected chi connectivity index (χ3v) is 7.74. The molecular formula is C23H19Cl3FN3O3S. The van der Waals surface area contributed by atoms with Gasteiger partial charge in [0.1, 0.15) is 5.82 Å². The Bertz CT molecular complexity index is 1310. The van der Waals surface area contributed by atoms with Gasteiger partial charge in [-0.25, -0.2) is 18.2 Å². The van der Waals surface area contributed by atoms with Gasteiger partial charge in [-0.1, -0.05) is 70.7 Å². The number of hydrazone groups is 1. The zero-order valence-corrected chi connectivity index (χ0v) is 20.9. The third kappa shape index (κ3) is 6.34. The summed E-state index contributed by atoms with van der Waals surface area (Å²) in [6.45, 7) is 0.714. The maximum Gasteiger partial charge on any atom is 0.255 e. The van der Waals surface area contributed by atoms with Gasteiger partial charge in [0.25, 0.3) is 5.91 Å². The molecule has 0 saturated carbocycles. The minimum absolute atomic E-state index is 0.0399. The fourth-order valence-electron chi connectivity index (χ4n) is 2.93. The predicted molar refractivity (Wildman–Crippen MR) is 132 cm³/mol. The number of carbonyl (C=O) groups is 1. The SMILES string of the molecule is Cc1ccc(S(=O)(=O)N(CC(=O)N/N=C\c2cccc(Cl)c2Cl)Cc2c(F)cccc2Cl)cc1. The number of aryl methyl sites for hydroxylation is 1. The lowest BCUT2D eigenvalue weighted by molar-refractivity contribution is -0.121. The molecule has 6 nitrogen and oxygen atoms in total. The van der Waals surface area contributed by atoms with E-state index in [2.05, 4.69) is 10.5 Å². The second-order valence-electron chi connectivity index (χ2n) is 7.22. The molecule has 0 aliphatic heterocycles. The number of hydrogen-bond acceptors (Lipinski definition) is 4. The van der Waals surface area contributed by atoms with Crippen LogP contribution >= 0.6 is 34.8 Å². The lowest BCUT2D eigenvalue weighted by atomic mass is 10.2. The molecule has 0 spiro atoms. The van der Waals surface area contributed by atoms with Gasteiger partial charge in [0, 0.05) is 22.7 Å². The highest BCUT2D eigenvalue weighted by molar-refractivity contribution is 7.89. The smallest absolute Gasteiger partial charge is 0.255 e. The Morgan fingerprint density at radius 3 is 2.35 bits per heavy atom. The Hall–Kier alpha value is -2.49. The molecular weight excluding hydrogens is 524 g/mol. The molecule has 0 heterocycles. The van der Waals surface area contributed by atoms with Crippen molar-refractivity contribution in [3.8, 4) is 0 Å². The number of amides is 1. The summed E-state index contributed by atoms with van der Waals surface area (Å²) in [4.78, 5) is 12.5. The molecule has 0 aromatic heterocycles. The van der Waals surface area contributed by atoms with E-state index in [1.165, 1.54) is 30.5 Å². The van der Waals surface area contributed by atoms with Crippen LogP contribution in [0, 0.1) is 12.7 Å². The Labute approximate surface area is 212 Å². The molecule has 11 heteroatoms. The molecule has 3 aromatic rings. The second kappa shape index (κ2) is 11.3. The van der Waals surface area contributed by atoms with Crippen molar-refractivity contribution in [2.45, 2.75) is 18.4 Å². The van der Waals surface area contributed by atoms with E-state index < -0.39 is 34.8 Å². The van der Waals surface area contributed by atoms with E-state index >= 15 is 0 Å². The van der Waals surface area contributed by atoms with Crippen molar-refractivity contribution in [2.24, 2.45) is 5.10 Å². The van der Waals surface area contributed by atoms with E-state index in [0.717, 1.165) is 15.9 Å². The number of nitrogens with one attached hydrogen (secondary N) is 1. The Morgan fingerprint density at radius 2 is 1.68 bits per heavy atom. The molecule has 0 atom stereocenters. The lowest BCUT2D eigenvalue weighted by Gasteiger charge is -2.22. The van der Waals surface area contributed by atoms with Crippen molar-refractivity contribution in [1.82, 2.24) is 9.73 Å². The van der Waals surface area contributed by atoms with Crippen LogP contribution in [0.1, 0.15) is 16.7 Å². The van der Waals surface area contributed by atoms with E-state index in [0.29, 0.717) is 10.6 Å². The van der Waals surface area contributed by atoms with Crippen LogP contribution in [0.2, 0.25) is 15.1 Å². The highest BCUT2D eigenvalue weighted by atomic mass is 35.5. The van der Waals surface area contributed by atoms with Gasteiger partial charge in [-0.05, 0) is 37.3 Å². The molecule has 3 aromatic carbocycles. The van der Waals surface area contributed by atoms with Crippen LogP contribution in [0.25, 0.3) is 0 Å². The molecule has 0 unspecified atom stereocenters. The number of halogens is 4. The van der Waals surface area contributed by atoms with Gasteiger partial charge in [0.05, 0.1) is 27.7 Å². The van der Waals surface area contributed by atoms with Crippen LogP contribution in [-0.2, 0) is 21.4 Å². The number of hydrogen-bond donors (Lipinski definition) is 1. The first-order chi connectivity index (χ1) is 16.1. The van der Waals surface area contributed by atoms with Crippen molar-refractivity contribution in [3.63, 3.8) is 0 Å². The highest BCUT2D eigenvalue weighted by Crippen LogP contribution is 2.25. The molecule has 0 aliphatic carbocycles. The van der Waals surface area contributed by atoms with Gasteiger partial charge >= 0.3 is 0 Å². The van der Waals surface area contributed by atoms with Crippen LogP contribution in [0.5, 0.6) is 0 Å². The fourth-order valence-corrected chi connectivity index (χ4v) is 4.88. The topological polar surface area (TPSA) is 78.8 Å². The first-order valence-corrected chi connectivity index (χ1v) is 12.4. The molecule has 0 fully saturated rings. The lowest BCUT2D eigenvalue weighted by Crippen LogP contribution is -2.39. The quantitative estimate of drug-likeness (QED) is 0.304. The molecule has 3 rings (SSSR count). The molecule has 178 valence electrons. The second-order valence-corrected chi connectivity index (χ2v) is 10.4. The average molecular weight is 543 g/mol. The summed E-state index contributed by atoms with van der Waals surface area (Å²) in [5.74, 6) is -1.44. The highest BCUT2D eigenvalue weighted by Gasteiger charge is 2.28. The standard InChI is InChI=1S/C23H19Cl3FN3O3S/c1-15-8-10-17(11-9-15)34(32,33)30(13-18-19(24)5-3-7-21(18)27)14-22(31)29-28-12-16-4-2-6-20(25)23(16)26/h2-12H,13-14H2,1H3,(H,29,31)/b28-12-. The van der Waals surface area contributed by atoms with Crippen molar-refractivity contribution < 1.29 is 17.6 Å². The van der Waals surface area contributed by atoms with Gasteiger partial charge < -0.3 is 0 Å². The number of sulfonamides is 1. The van der Waals surface area contributed by atoms with E-state index in [-0.39, 0.29) is 20.5 Å². The van der Waals surface area contributed by atoms with Crippen LogP contribution in [0.15, 0.2) is 70.7 Å². The van der Waals surface area contributed by atoms with Crippen molar-refractivity contribution in [1.29, 1.82) is 0 Å². The number of nitrogens with zero attached hydrogens (tertiary/aromatic N) is 2. The van der Waals surface area contributed by atoms with E-state index in [4.69, 9.17) is 34.8 Å². The summed E-state index contributed by atoms with van der Waals surface area (Å²) in [5, 5.41) is 4.42. The zero-order chi connectivity index (χ0) is 24.9.